The molecule has 0 atom stereocenters. The van der Waals surface area contributed by atoms with Crippen molar-refractivity contribution in [3.8, 4) is 5.75 Å². The van der Waals surface area contributed by atoms with E-state index in [1.807, 2.05) is 13.8 Å². The average molecular weight is 348 g/mol. The zero-order valence-electron chi connectivity index (χ0n) is 15.8. The van der Waals surface area contributed by atoms with E-state index in [1.165, 1.54) is 32.1 Å². The molecule has 0 unspecified atom stereocenters. The molecule has 0 saturated carbocycles. The number of amides is 2. The monoisotopic (exact) mass is 348 g/mol. The summed E-state index contributed by atoms with van der Waals surface area (Å²) in [7, 11) is 0. The second kappa shape index (κ2) is 12.3. The summed E-state index contributed by atoms with van der Waals surface area (Å²) in [5, 5.41) is 5.26. The Balaban J connectivity index is 2.20. The Morgan fingerprint density at radius 1 is 0.920 bits per heavy atom. The van der Waals surface area contributed by atoms with Crippen molar-refractivity contribution in [2.75, 3.05) is 11.9 Å². The topological polar surface area (TPSA) is 67.4 Å². The Bertz CT molecular complexity index is 512. The standard InChI is InChI=1S/C20H32N2O3/c1-4-5-6-7-8-9-10-15-21-19(23)20(24)22-17-11-13-18(14-12-17)25-16(2)3/h11-14,16H,4-10,15H2,1-3H3,(H,21,23)(H,22,24). The molecule has 0 heterocycles. The molecule has 0 aliphatic rings. The Morgan fingerprint density at radius 3 is 2.12 bits per heavy atom. The molecule has 0 fully saturated rings. The van der Waals surface area contributed by atoms with Crippen LogP contribution in [0, 0.1) is 0 Å². The second-order valence-electron chi connectivity index (χ2n) is 6.52. The molecule has 0 aliphatic carbocycles. The Kier molecular flexibility index (Phi) is 10.4. The number of carbonyl (C=O) groups is 2. The molecular weight excluding hydrogens is 316 g/mol. The molecule has 25 heavy (non-hydrogen) atoms. The highest BCUT2D eigenvalue weighted by atomic mass is 16.5. The van der Waals surface area contributed by atoms with Crippen LogP contribution in [0.25, 0.3) is 0 Å². The normalized spacial score (nSPS) is 10.6. The number of carbonyl (C=O) groups excluding carboxylic acids is 2. The highest BCUT2D eigenvalue weighted by Gasteiger charge is 2.12. The Morgan fingerprint density at radius 2 is 1.52 bits per heavy atom. The van der Waals surface area contributed by atoms with Crippen LogP contribution in [0.5, 0.6) is 5.75 Å². The summed E-state index contributed by atoms with van der Waals surface area (Å²) in [5.74, 6) is -0.495. The van der Waals surface area contributed by atoms with E-state index >= 15 is 0 Å². The zero-order valence-corrected chi connectivity index (χ0v) is 15.8. The summed E-state index contributed by atoms with van der Waals surface area (Å²) in [6.07, 6.45) is 8.35. The van der Waals surface area contributed by atoms with E-state index in [0.29, 0.717) is 12.2 Å². The van der Waals surface area contributed by atoms with Gasteiger partial charge in [-0.15, -0.1) is 0 Å². The van der Waals surface area contributed by atoms with Gasteiger partial charge in [0.05, 0.1) is 6.10 Å². The van der Waals surface area contributed by atoms with Crippen molar-refractivity contribution in [3.63, 3.8) is 0 Å². The van der Waals surface area contributed by atoms with Crippen LogP contribution in [0.2, 0.25) is 0 Å². The number of hydrogen-bond acceptors (Lipinski definition) is 3. The van der Waals surface area contributed by atoms with Gasteiger partial charge in [0, 0.05) is 12.2 Å². The summed E-state index contributed by atoms with van der Waals surface area (Å²) in [6.45, 7) is 6.64. The molecule has 2 N–H and O–H groups in total. The summed E-state index contributed by atoms with van der Waals surface area (Å²) in [6, 6.07) is 6.98. The molecule has 1 rings (SSSR count). The van der Waals surface area contributed by atoms with Gasteiger partial charge in [-0.25, -0.2) is 0 Å². The minimum Gasteiger partial charge on any atom is -0.491 e. The molecule has 0 saturated heterocycles. The van der Waals surface area contributed by atoms with E-state index in [2.05, 4.69) is 17.6 Å². The molecule has 140 valence electrons. The number of benzene rings is 1. The third kappa shape index (κ3) is 9.75. The lowest BCUT2D eigenvalue weighted by Gasteiger charge is -2.10. The van der Waals surface area contributed by atoms with Gasteiger partial charge in [0.25, 0.3) is 0 Å². The fraction of sp³-hybridized carbons (Fsp3) is 0.600. The van der Waals surface area contributed by atoms with Gasteiger partial charge in [-0.2, -0.15) is 0 Å². The minimum atomic E-state index is -0.638. The predicted octanol–water partition coefficient (Wildman–Crippen LogP) is 4.28. The number of ether oxygens (including phenoxy) is 1. The fourth-order valence-electron chi connectivity index (χ4n) is 2.44. The molecule has 5 nitrogen and oxygen atoms in total. The zero-order chi connectivity index (χ0) is 18.5. The van der Waals surface area contributed by atoms with Crippen molar-refractivity contribution in [3.05, 3.63) is 24.3 Å². The van der Waals surface area contributed by atoms with Crippen molar-refractivity contribution in [1.82, 2.24) is 5.32 Å². The van der Waals surface area contributed by atoms with E-state index in [1.54, 1.807) is 24.3 Å². The first-order valence-corrected chi connectivity index (χ1v) is 9.38. The Hall–Kier alpha value is -2.04. The van der Waals surface area contributed by atoms with Gasteiger partial charge in [0.1, 0.15) is 5.75 Å². The summed E-state index contributed by atoms with van der Waals surface area (Å²) in [4.78, 5) is 23.6. The average Bonchev–Trinajstić information content (AvgIpc) is 2.58. The molecular formula is C20H32N2O3. The Labute approximate surface area is 151 Å². The molecule has 1 aromatic carbocycles. The molecule has 2 amide bonds. The lowest BCUT2D eigenvalue weighted by Crippen LogP contribution is -2.35. The van der Waals surface area contributed by atoms with E-state index in [-0.39, 0.29) is 6.10 Å². The fourth-order valence-corrected chi connectivity index (χ4v) is 2.44. The van der Waals surface area contributed by atoms with Gasteiger partial charge < -0.3 is 15.4 Å². The molecule has 0 bridgehead atoms. The third-order valence-corrected chi connectivity index (χ3v) is 3.76. The van der Waals surface area contributed by atoms with Gasteiger partial charge in [-0.1, -0.05) is 45.4 Å². The smallest absolute Gasteiger partial charge is 0.313 e. The summed E-state index contributed by atoms with van der Waals surface area (Å²) >= 11 is 0. The van der Waals surface area contributed by atoms with Gasteiger partial charge in [0.15, 0.2) is 0 Å². The van der Waals surface area contributed by atoms with Crippen LogP contribution in [0.15, 0.2) is 24.3 Å². The van der Waals surface area contributed by atoms with Crippen LogP contribution < -0.4 is 15.4 Å². The maximum Gasteiger partial charge on any atom is 0.313 e. The van der Waals surface area contributed by atoms with Crippen molar-refractivity contribution < 1.29 is 14.3 Å². The molecule has 0 aliphatic heterocycles. The van der Waals surface area contributed by atoms with E-state index in [0.717, 1.165) is 18.6 Å². The maximum atomic E-state index is 11.9. The van der Waals surface area contributed by atoms with Crippen molar-refractivity contribution in [2.24, 2.45) is 0 Å². The van der Waals surface area contributed by atoms with Crippen molar-refractivity contribution in [1.29, 1.82) is 0 Å². The van der Waals surface area contributed by atoms with Crippen LogP contribution in [-0.2, 0) is 9.59 Å². The van der Waals surface area contributed by atoms with Crippen LogP contribution in [0.4, 0.5) is 5.69 Å². The summed E-state index contributed by atoms with van der Waals surface area (Å²) in [5.41, 5.74) is 0.576. The lowest BCUT2D eigenvalue weighted by molar-refractivity contribution is -0.136. The first-order valence-electron chi connectivity index (χ1n) is 9.38. The van der Waals surface area contributed by atoms with Crippen LogP contribution in [-0.4, -0.2) is 24.5 Å². The summed E-state index contributed by atoms with van der Waals surface area (Å²) < 4.78 is 5.54. The SMILES string of the molecule is CCCCCCCCCNC(=O)C(=O)Nc1ccc(OC(C)C)cc1. The van der Waals surface area contributed by atoms with Crippen LogP contribution >= 0.6 is 0 Å². The number of anilines is 1. The second-order valence-corrected chi connectivity index (χ2v) is 6.52. The van der Waals surface area contributed by atoms with E-state index < -0.39 is 11.8 Å². The van der Waals surface area contributed by atoms with Crippen LogP contribution in [0.3, 0.4) is 0 Å². The molecule has 0 aromatic heterocycles. The first kappa shape index (κ1) is 21.0. The van der Waals surface area contributed by atoms with E-state index in [9.17, 15) is 9.59 Å². The minimum absolute atomic E-state index is 0.0952. The number of hydrogen-bond donors (Lipinski definition) is 2. The van der Waals surface area contributed by atoms with Crippen molar-refractivity contribution >= 4 is 17.5 Å². The number of rotatable bonds is 11. The lowest BCUT2D eigenvalue weighted by atomic mass is 10.1. The quantitative estimate of drug-likeness (QED) is 0.463. The van der Waals surface area contributed by atoms with Gasteiger partial charge in [0.2, 0.25) is 0 Å². The number of unbranched alkanes of at least 4 members (excludes halogenated alkanes) is 6. The van der Waals surface area contributed by atoms with Gasteiger partial charge >= 0.3 is 11.8 Å². The predicted molar refractivity (Wildman–Crippen MR) is 102 cm³/mol. The maximum absolute atomic E-state index is 11.9. The largest absolute Gasteiger partial charge is 0.491 e. The number of nitrogens with one attached hydrogen (secondary N) is 2. The van der Waals surface area contributed by atoms with Crippen LogP contribution in [0.1, 0.15) is 65.7 Å². The molecule has 5 heteroatoms. The van der Waals surface area contributed by atoms with Crippen molar-refractivity contribution in [2.45, 2.75) is 71.8 Å². The first-order chi connectivity index (χ1) is 12.0. The highest BCUT2D eigenvalue weighted by Crippen LogP contribution is 2.16. The highest BCUT2D eigenvalue weighted by molar-refractivity contribution is 6.39. The molecule has 1 aromatic rings. The van der Waals surface area contributed by atoms with E-state index in [4.69, 9.17) is 4.74 Å². The molecule has 0 spiro atoms. The van der Waals surface area contributed by atoms with Gasteiger partial charge in [-0.05, 0) is 44.5 Å². The molecule has 0 radical (unpaired) electrons. The third-order valence-electron chi connectivity index (χ3n) is 3.76. The van der Waals surface area contributed by atoms with Gasteiger partial charge in [-0.3, -0.25) is 9.59 Å².